The molecule has 62 valence electrons. The summed E-state index contributed by atoms with van der Waals surface area (Å²) in [7, 11) is 0. The van der Waals surface area contributed by atoms with Crippen LogP contribution in [0.1, 0.15) is 27.2 Å². The second kappa shape index (κ2) is 3.61. The fourth-order valence-corrected chi connectivity index (χ4v) is 1.45. The third kappa shape index (κ3) is 1.86. The minimum Gasteiger partial charge on any atom is -0.369 e. The number of allylic oxidation sites excluding steroid dienone is 2. The predicted molar refractivity (Wildman–Crippen MR) is 49.3 cm³/mol. The summed E-state index contributed by atoms with van der Waals surface area (Å²) in [6.45, 7) is 6.68. The van der Waals surface area contributed by atoms with E-state index in [1.165, 1.54) is 6.42 Å². The lowest BCUT2D eigenvalue weighted by Gasteiger charge is -2.33. The van der Waals surface area contributed by atoms with Gasteiger partial charge in [-0.05, 0) is 32.5 Å². The van der Waals surface area contributed by atoms with Crippen molar-refractivity contribution in [3.8, 4) is 0 Å². The minimum absolute atomic E-state index is 0.611. The van der Waals surface area contributed by atoms with Gasteiger partial charge in [0, 0.05) is 12.1 Å². The van der Waals surface area contributed by atoms with E-state index in [0.29, 0.717) is 12.1 Å². The highest BCUT2D eigenvalue weighted by Gasteiger charge is 2.14. The molecule has 1 unspecified atom stereocenters. The van der Waals surface area contributed by atoms with Gasteiger partial charge in [0.1, 0.15) is 0 Å². The predicted octanol–water partition coefficient (Wildman–Crippen LogP) is 2.56. The monoisotopic (exact) mass is 151 g/mol. The van der Waals surface area contributed by atoms with Crippen molar-refractivity contribution < 1.29 is 0 Å². The highest BCUT2D eigenvalue weighted by molar-refractivity contribution is 5.13. The lowest BCUT2D eigenvalue weighted by atomic mass is 10.1. The molecular weight excluding hydrogens is 134 g/mol. The third-order valence-corrected chi connectivity index (χ3v) is 2.10. The Bertz CT molecular complexity index is 168. The average molecular weight is 151 g/mol. The smallest absolute Gasteiger partial charge is 0.0470 e. The maximum atomic E-state index is 2.39. The molecule has 0 fully saturated rings. The van der Waals surface area contributed by atoms with Crippen LogP contribution in [-0.2, 0) is 0 Å². The third-order valence-electron chi connectivity index (χ3n) is 2.10. The van der Waals surface area contributed by atoms with Gasteiger partial charge in [-0.2, -0.15) is 0 Å². The molecule has 1 atom stereocenters. The molecule has 0 spiro atoms. The van der Waals surface area contributed by atoms with Crippen molar-refractivity contribution in [2.75, 3.05) is 0 Å². The second-order valence-electron chi connectivity index (χ2n) is 3.24. The normalized spacial score (nSPS) is 23.3. The van der Waals surface area contributed by atoms with Gasteiger partial charge in [-0.15, -0.1) is 0 Å². The maximum Gasteiger partial charge on any atom is 0.0470 e. The van der Waals surface area contributed by atoms with Gasteiger partial charge >= 0.3 is 0 Å². The van der Waals surface area contributed by atoms with E-state index in [4.69, 9.17) is 0 Å². The Kier molecular flexibility index (Phi) is 2.75. The Hall–Kier alpha value is -0.720. The quantitative estimate of drug-likeness (QED) is 0.586. The highest BCUT2D eigenvalue weighted by atomic mass is 15.2. The summed E-state index contributed by atoms with van der Waals surface area (Å²) in [5.41, 5.74) is 0. The first kappa shape index (κ1) is 8.38. The zero-order chi connectivity index (χ0) is 8.27. The number of hydrogen-bond acceptors (Lipinski definition) is 1. The fourth-order valence-electron chi connectivity index (χ4n) is 1.45. The molecule has 1 rings (SSSR count). The van der Waals surface area contributed by atoms with Crippen LogP contribution in [0.15, 0.2) is 24.4 Å². The number of hydrogen-bond donors (Lipinski definition) is 0. The molecule has 0 saturated heterocycles. The van der Waals surface area contributed by atoms with Crippen molar-refractivity contribution >= 4 is 0 Å². The summed E-state index contributed by atoms with van der Waals surface area (Å²) in [5, 5.41) is 0. The van der Waals surface area contributed by atoms with Gasteiger partial charge in [-0.25, -0.2) is 0 Å². The topological polar surface area (TPSA) is 3.24 Å². The number of nitrogens with zero attached hydrogens (tertiary/aromatic N) is 1. The fraction of sp³-hybridized carbons (Fsp3) is 0.600. The molecule has 1 nitrogen and oxygen atoms in total. The molecule has 0 aromatic heterocycles. The highest BCUT2D eigenvalue weighted by Crippen LogP contribution is 2.14. The molecule has 0 amide bonds. The van der Waals surface area contributed by atoms with Crippen LogP contribution < -0.4 is 0 Å². The Balaban J connectivity index is 2.63. The van der Waals surface area contributed by atoms with Crippen LogP contribution in [0.2, 0.25) is 0 Å². The largest absolute Gasteiger partial charge is 0.369 e. The van der Waals surface area contributed by atoms with Gasteiger partial charge in [0.2, 0.25) is 0 Å². The van der Waals surface area contributed by atoms with Crippen LogP contribution in [0.3, 0.4) is 0 Å². The zero-order valence-electron chi connectivity index (χ0n) is 7.62. The first-order valence-corrected chi connectivity index (χ1v) is 4.38. The van der Waals surface area contributed by atoms with Crippen LogP contribution in [0, 0.1) is 0 Å². The first-order chi connectivity index (χ1) is 5.25. The van der Waals surface area contributed by atoms with Gasteiger partial charge in [0.15, 0.2) is 0 Å². The Morgan fingerprint density at radius 1 is 1.36 bits per heavy atom. The summed E-state index contributed by atoms with van der Waals surface area (Å²) < 4.78 is 0. The van der Waals surface area contributed by atoms with Crippen molar-refractivity contribution in [3.05, 3.63) is 24.4 Å². The molecule has 1 aliphatic rings. The van der Waals surface area contributed by atoms with E-state index in [-0.39, 0.29) is 0 Å². The molecule has 1 aliphatic heterocycles. The van der Waals surface area contributed by atoms with Crippen molar-refractivity contribution in [2.45, 2.75) is 39.3 Å². The molecule has 11 heavy (non-hydrogen) atoms. The summed E-state index contributed by atoms with van der Waals surface area (Å²) >= 11 is 0. The van der Waals surface area contributed by atoms with Crippen LogP contribution in [0.4, 0.5) is 0 Å². The van der Waals surface area contributed by atoms with E-state index in [9.17, 15) is 0 Å². The van der Waals surface area contributed by atoms with Gasteiger partial charge in [0.05, 0.1) is 0 Å². The van der Waals surface area contributed by atoms with Gasteiger partial charge in [0.25, 0.3) is 0 Å². The van der Waals surface area contributed by atoms with Gasteiger partial charge in [-0.3, -0.25) is 0 Å². The van der Waals surface area contributed by atoms with E-state index in [0.717, 1.165) is 0 Å². The SMILES string of the molecule is CCC1C=CC=CN1C(C)C. The maximum absolute atomic E-state index is 2.39. The van der Waals surface area contributed by atoms with E-state index >= 15 is 0 Å². The minimum atomic E-state index is 0.611. The summed E-state index contributed by atoms with van der Waals surface area (Å²) in [6, 6.07) is 1.22. The van der Waals surface area contributed by atoms with Crippen molar-refractivity contribution in [1.29, 1.82) is 0 Å². The lowest BCUT2D eigenvalue weighted by molar-refractivity contribution is 0.255. The van der Waals surface area contributed by atoms with Crippen molar-refractivity contribution in [3.63, 3.8) is 0 Å². The zero-order valence-corrected chi connectivity index (χ0v) is 7.62. The molecular formula is C10H17N. The van der Waals surface area contributed by atoms with E-state index < -0.39 is 0 Å². The molecule has 0 aliphatic carbocycles. The molecule has 0 saturated carbocycles. The second-order valence-corrected chi connectivity index (χ2v) is 3.24. The van der Waals surface area contributed by atoms with Crippen LogP contribution in [0.5, 0.6) is 0 Å². The molecule has 0 N–H and O–H groups in total. The average Bonchev–Trinajstić information content (AvgIpc) is 2.04. The molecule has 0 aromatic carbocycles. The van der Waals surface area contributed by atoms with E-state index in [1.54, 1.807) is 0 Å². The van der Waals surface area contributed by atoms with Crippen LogP contribution in [-0.4, -0.2) is 17.0 Å². The molecule has 0 aromatic rings. The van der Waals surface area contributed by atoms with Gasteiger partial charge < -0.3 is 4.90 Å². The Labute approximate surface area is 69.4 Å². The molecule has 1 heteroatoms. The Morgan fingerprint density at radius 2 is 2.09 bits per heavy atom. The molecule has 1 heterocycles. The summed E-state index contributed by atoms with van der Waals surface area (Å²) in [5.74, 6) is 0. The van der Waals surface area contributed by atoms with Gasteiger partial charge in [-0.1, -0.05) is 19.1 Å². The van der Waals surface area contributed by atoms with E-state index in [2.05, 4.69) is 50.1 Å². The van der Waals surface area contributed by atoms with Crippen LogP contribution >= 0.6 is 0 Å². The number of rotatable bonds is 2. The molecule has 0 bridgehead atoms. The Morgan fingerprint density at radius 3 is 2.55 bits per heavy atom. The summed E-state index contributed by atoms with van der Waals surface area (Å²) in [4.78, 5) is 2.39. The lowest BCUT2D eigenvalue weighted by Crippen LogP contribution is -2.35. The van der Waals surface area contributed by atoms with Crippen LogP contribution in [0.25, 0.3) is 0 Å². The van der Waals surface area contributed by atoms with Crippen molar-refractivity contribution in [1.82, 2.24) is 4.90 Å². The molecule has 0 radical (unpaired) electrons. The van der Waals surface area contributed by atoms with Crippen molar-refractivity contribution in [2.24, 2.45) is 0 Å². The standard InChI is InChI=1S/C10H17N/c1-4-10-7-5-6-8-11(10)9(2)3/h5-10H,4H2,1-3H3. The van der Waals surface area contributed by atoms with E-state index in [1.807, 2.05) is 0 Å². The first-order valence-electron chi connectivity index (χ1n) is 4.38. The summed E-state index contributed by atoms with van der Waals surface area (Å²) in [6.07, 6.45) is 9.87.